The van der Waals surface area contributed by atoms with Crippen molar-refractivity contribution in [1.82, 2.24) is 4.98 Å². The van der Waals surface area contributed by atoms with Crippen molar-refractivity contribution in [2.75, 3.05) is 0 Å². The molecule has 0 fully saturated rings. The summed E-state index contributed by atoms with van der Waals surface area (Å²) in [4.78, 5) is 15.0. The van der Waals surface area contributed by atoms with E-state index < -0.39 is 11.7 Å². The molecule has 1 amide bonds. The summed E-state index contributed by atoms with van der Waals surface area (Å²) in [6.45, 7) is 0. The summed E-state index contributed by atoms with van der Waals surface area (Å²) in [6.07, 6.45) is 0. The third-order valence-corrected chi connectivity index (χ3v) is 2.20. The van der Waals surface area contributed by atoms with Crippen LogP contribution in [0.25, 0.3) is 10.9 Å². The standard InChI is InChI=1S/C10H6ClFN2O/c11-9-4-7(10(13)15)6-3-5(12)1-2-8(6)14-9/h1-4H,(H2,13,15). The van der Waals surface area contributed by atoms with Gasteiger partial charge in [0.05, 0.1) is 11.1 Å². The van der Waals surface area contributed by atoms with Crippen LogP contribution in [-0.4, -0.2) is 10.9 Å². The van der Waals surface area contributed by atoms with Crippen molar-refractivity contribution < 1.29 is 9.18 Å². The van der Waals surface area contributed by atoms with Gasteiger partial charge < -0.3 is 5.73 Å². The number of halogens is 2. The van der Waals surface area contributed by atoms with Gasteiger partial charge in [0.25, 0.3) is 0 Å². The maximum Gasteiger partial charge on any atom is 0.249 e. The number of carbonyl (C=O) groups is 1. The average Bonchev–Trinajstić information content (AvgIpc) is 2.17. The summed E-state index contributed by atoms with van der Waals surface area (Å²) >= 11 is 5.70. The number of primary amides is 1. The normalized spacial score (nSPS) is 10.5. The molecule has 0 aliphatic rings. The Hall–Kier alpha value is -1.68. The first kappa shape index (κ1) is 9.86. The molecule has 0 radical (unpaired) electrons. The first-order chi connectivity index (χ1) is 7.08. The molecule has 0 bridgehead atoms. The summed E-state index contributed by atoms with van der Waals surface area (Å²) < 4.78 is 13.0. The highest BCUT2D eigenvalue weighted by atomic mass is 35.5. The van der Waals surface area contributed by atoms with Gasteiger partial charge >= 0.3 is 0 Å². The lowest BCUT2D eigenvalue weighted by atomic mass is 10.1. The largest absolute Gasteiger partial charge is 0.366 e. The molecule has 1 heterocycles. The second-order valence-electron chi connectivity index (χ2n) is 3.02. The van der Waals surface area contributed by atoms with Gasteiger partial charge in [-0.05, 0) is 24.3 Å². The number of benzene rings is 1. The van der Waals surface area contributed by atoms with Crippen molar-refractivity contribution in [3.05, 3.63) is 40.8 Å². The fourth-order valence-corrected chi connectivity index (χ4v) is 1.57. The van der Waals surface area contributed by atoms with E-state index in [0.29, 0.717) is 10.9 Å². The number of nitrogens with two attached hydrogens (primary N) is 1. The van der Waals surface area contributed by atoms with Crippen molar-refractivity contribution in [3.63, 3.8) is 0 Å². The van der Waals surface area contributed by atoms with E-state index in [-0.39, 0.29) is 10.7 Å². The number of nitrogens with zero attached hydrogens (tertiary/aromatic N) is 1. The van der Waals surface area contributed by atoms with Gasteiger partial charge in [-0.2, -0.15) is 0 Å². The van der Waals surface area contributed by atoms with Crippen LogP contribution in [0, 0.1) is 5.82 Å². The highest BCUT2D eigenvalue weighted by Crippen LogP contribution is 2.21. The second kappa shape index (κ2) is 3.47. The lowest BCUT2D eigenvalue weighted by molar-refractivity contribution is 0.100. The van der Waals surface area contributed by atoms with Gasteiger partial charge in [0.15, 0.2) is 0 Å². The third kappa shape index (κ3) is 1.76. The van der Waals surface area contributed by atoms with Crippen LogP contribution in [-0.2, 0) is 0 Å². The maximum absolute atomic E-state index is 13.0. The molecule has 76 valence electrons. The molecule has 1 aromatic heterocycles. The Morgan fingerprint density at radius 1 is 1.40 bits per heavy atom. The van der Waals surface area contributed by atoms with Crippen LogP contribution in [0.1, 0.15) is 10.4 Å². The Morgan fingerprint density at radius 3 is 2.80 bits per heavy atom. The van der Waals surface area contributed by atoms with Crippen LogP contribution < -0.4 is 5.73 Å². The molecule has 0 saturated carbocycles. The molecule has 0 atom stereocenters. The molecule has 0 spiro atoms. The van der Waals surface area contributed by atoms with E-state index in [1.165, 1.54) is 24.3 Å². The number of amides is 1. The molecule has 15 heavy (non-hydrogen) atoms. The lowest BCUT2D eigenvalue weighted by Gasteiger charge is -2.03. The number of pyridine rings is 1. The minimum atomic E-state index is -0.657. The van der Waals surface area contributed by atoms with Crippen LogP contribution >= 0.6 is 11.6 Å². The number of aromatic nitrogens is 1. The van der Waals surface area contributed by atoms with Crippen molar-refractivity contribution in [2.45, 2.75) is 0 Å². The number of hydrogen-bond donors (Lipinski definition) is 1. The van der Waals surface area contributed by atoms with Crippen LogP contribution in [0.15, 0.2) is 24.3 Å². The summed E-state index contributed by atoms with van der Waals surface area (Å²) in [7, 11) is 0. The Bertz CT molecular complexity index is 556. The van der Waals surface area contributed by atoms with Gasteiger partial charge in [0.1, 0.15) is 11.0 Å². The Morgan fingerprint density at radius 2 is 2.13 bits per heavy atom. The van der Waals surface area contributed by atoms with Gasteiger partial charge in [-0.25, -0.2) is 9.37 Å². The van der Waals surface area contributed by atoms with E-state index in [4.69, 9.17) is 17.3 Å². The highest BCUT2D eigenvalue weighted by molar-refractivity contribution is 6.30. The minimum Gasteiger partial charge on any atom is -0.366 e. The Labute approximate surface area is 89.7 Å². The minimum absolute atomic E-state index is 0.155. The SMILES string of the molecule is NC(=O)c1cc(Cl)nc2ccc(F)cc12. The zero-order valence-electron chi connectivity index (χ0n) is 7.50. The second-order valence-corrected chi connectivity index (χ2v) is 3.41. The first-order valence-corrected chi connectivity index (χ1v) is 4.51. The van der Waals surface area contributed by atoms with Crippen molar-refractivity contribution >= 4 is 28.4 Å². The molecular weight excluding hydrogens is 219 g/mol. The third-order valence-electron chi connectivity index (χ3n) is 2.00. The lowest BCUT2D eigenvalue weighted by Crippen LogP contribution is -2.12. The zero-order chi connectivity index (χ0) is 11.0. The van der Waals surface area contributed by atoms with Crippen LogP contribution in [0.4, 0.5) is 4.39 Å². The molecule has 0 aliphatic heterocycles. The van der Waals surface area contributed by atoms with Gasteiger partial charge in [-0.1, -0.05) is 11.6 Å². The quantitative estimate of drug-likeness (QED) is 0.755. The smallest absolute Gasteiger partial charge is 0.249 e. The molecular formula is C10H6ClFN2O. The van der Waals surface area contributed by atoms with Crippen LogP contribution in [0.2, 0.25) is 5.15 Å². The highest BCUT2D eigenvalue weighted by Gasteiger charge is 2.10. The van der Waals surface area contributed by atoms with Crippen LogP contribution in [0.5, 0.6) is 0 Å². The van der Waals surface area contributed by atoms with E-state index in [2.05, 4.69) is 4.98 Å². The Kier molecular flexibility index (Phi) is 2.28. The van der Waals surface area contributed by atoms with E-state index >= 15 is 0 Å². The van der Waals surface area contributed by atoms with Crippen molar-refractivity contribution in [1.29, 1.82) is 0 Å². The predicted molar refractivity (Wildman–Crippen MR) is 55.2 cm³/mol. The molecule has 5 heteroatoms. The summed E-state index contributed by atoms with van der Waals surface area (Å²) in [5.41, 5.74) is 5.76. The molecule has 0 unspecified atom stereocenters. The fraction of sp³-hybridized carbons (Fsp3) is 0. The number of hydrogen-bond acceptors (Lipinski definition) is 2. The number of rotatable bonds is 1. The van der Waals surface area contributed by atoms with E-state index in [1.807, 2.05) is 0 Å². The van der Waals surface area contributed by atoms with E-state index in [0.717, 1.165) is 0 Å². The molecule has 0 saturated heterocycles. The van der Waals surface area contributed by atoms with E-state index in [1.54, 1.807) is 0 Å². The Balaban J connectivity index is 2.87. The molecule has 2 aromatic rings. The number of fused-ring (bicyclic) bond motifs is 1. The topological polar surface area (TPSA) is 56.0 Å². The molecule has 1 aromatic carbocycles. The predicted octanol–water partition coefficient (Wildman–Crippen LogP) is 2.13. The van der Waals surface area contributed by atoms with Gasteiger partial charge in [0, 0.05) is 5.39 Å². The summed E-state index contributed by atoms with van der Waals surface area (Å²) in [5, 5.41) is 0.523. The van der Waals surface area contributed by atoms with Gasteiger partial charge in [0.2, 0.25) is 5.91 Å². The van der Waals surface area contributed by atoms with Gasteiger partial charge in [-0.15, -0.1) is 0 Å². The van der Waals surface area contributed by atoms with Crippen molar-refractivity contribution in [2.24, 2.45) is 5.73 Å². The molecule has 2 N–H and O–H groups in total. The van der Waals surface area contributed by atoms with Gasteiger partial charge in [-0.3, -0.25) is 4.79 Å². The maximum atomic E-state index is 13.0. The number of carbonyl (C=O) groups excluding carboxylic acids is 1. The summed E-state index contributed by atoms with van der Waals surface area (Å²) in [5.74, 6) is -1.11. The molecule has 3 nitrogen and oxygen atoms in total. The molecule has 0 aliphatic carbocycles. The van der Waals surface area contributed by atoms with Crippen molar-refractivity contribution in [3.8, 4) is 0 Å². The average molecular weight is 225 g/mol. The first-order valence-electron chi connectivity index (χ1n) is 4.13. The fourth-order valence-electron chi connectivity index (χ4n) is 1.37. The van der Waals surface area contributed by atoms with Crippen LogP contribution in [0.3, 0.4) is 0 Å². The molecule has 2 rings (SSSR count). The zero-order valence-corrected chi connectivity index (χ0v) is 8.25. The van der Waals surface area contributed by atoms with E-state index in [9.17, 15) is 9.18 Å². The monoisotopic (exact) mass is 224 g/mol. The summed E-state index contributed by atoms with van der Waals surface area (Å²) in [6, 6.07) is 5.23.